The lowest BCUT2D eigenvalue weighted by Gasteiger charge is -2.08. The first-order valence-corrected chi connectivity index (χ1v) is 6.82. The molecule has 0 saturated heterocycles. The third-order valence-corrected chi connectivity index (χ3v) is 4.16. The molecule has 0 spiro atoms. The minimum atomic E-state index is -2.37. The van der Waals surface area contributed by atoms with Gasteiger partial charge in [-0.25, -0.2) is 4.39 Å². The summed E-state index contributed by atoms with van der Waals surface area (Å²) in [6.07, 6.45) is 0. The van der Waals surface area contributed by atoms with Crippen molar-refractivity contribution in [2.24, 2.45) is 0 Å². The molecule has 12 heavy (non-hydrogen) atoms. The molecule has 0 atom stereocenters. The van der Waals surface area contributed by atoms with E-state index in [1.54, 1.807) is 25.5 Å². The molecule has 0 heterocycles. The van der Waals surface area contributed by atoms with Crippen LogP contribution < -0.4 is 5.30 Å². The number of hydrogen-bond acceptors (Lipinski definition) is 1. The highest BCUT2D eigenvalue weighted by Crippen LogP contribution is 2.38. The van der Waals surface area contributed by atoms with Crippen molar-refractivity contribution in [1.82, 2.24) is 0 Å². The van der Waals surface area contributed by atoms with Gasteiger partial charge in [0.25, 0.3) is 0 Å². The van der Waals surface area contributed by atoms with Crippen molar-refractivity contribution in [2.75, 3.05) is 13.3 Å². The van der Waals surface area contributed by atoms with Crippen LogP contribution in [0.2, 0.25) is 0 Å². The first-order chi connectivity index (χ1) is 5.43. The second-order valence-corrected chi connectivity index (χ2v) is 6.90. The molecule has 0 fully saturated rings. The molecule has 66 valence electrons. The predicted molar refractivity (Wildman–Crippen MR) is 53.2 cm³/mol. The van der Waals surface area contributed by atoms with E-state index >= 15 is 0 Å². The van der Waals surface area contributed by atoms with E-state index in [0.29, 0.717) is 9.78 Å². The van der Waals surface area contributed by atoms with Crippen LogP contribution >= 0.6 is 23.1 Å². The van der Waals surface area contributed by atoms with E-state index in [1.165, 1.54) is 6.07 Å². The standard InChI is InChI=1S/C8H9BrFOP/c1-12(2,11)7-5-3-4-6(10)8(7)9/h3-5H,1-2H3. The van der Waals surface area contributed by atoms with Crippen molar-refractivity contribution in [1.29, 1.82) is 0 Å². The lowest BCUT2D eigenvalue weighted by Crippen LogP contribution is -2.06. The summed E-state index contributed by atoms with van der Waals surface area (Å²) >= 11 is 3.07. The van der Waals surface area contributed by atoms with Gasteiger partial charge < -0.3 is 4.57 Å². The van der Waals surface area contributed by atoms with E-state index in [1.807, 2.05) is 0 Å². The van der Waals surface area contributed by atoms with Crippen molar-refractivity contribution in [3.05, 3.63) is 28.5 Å². The fourth-order valence-electron chi connectivity index (χ4n) is 0.908. The molecular weight excluding hydrogens is 242 g/mol. The topological polar surface area (TPSA) is 17.1 Å². The molecule has 1 aromatic rings. The van der Waals surface area contributed by atoms with Crippen molar-refractivity contribution < 1.29 is 8.96 Å². The van der Waals surface area contributed by atoms with Crippen molar-refractivity contribution in [2.45, 2.75) is 0 Å². The maximum Gasteiger partial charge on any atom is 0.138 e. The average Bonchev–Trinajstić information content (AvgIpc) is 1.92. The predicted octanol–water partition coefficient (Wildman–Crippen LogP) is 2.84. The lowest BCUT2D eigenvalue weighted by atomic mass is 10.3. The summed E-state index contributed by atoms with van der Waals surface area (Å²) in [6, 6.07) is 4.58. The lowest BCUT2D eigenvalue weighted by molar-refractivity contribution is 0.587. The molecule has 0 aliphatic rings. The van der Waals surface area contributed by atoms with Gasteiger partial charge in [-0.15, -0.1) is 0 Å². The normalized spacial score (nSPS) is 11.7. The van der Waals surface area contributed by atoms with Gasteiger partial charge in [0.05, 0.1) is 4.47 Å². The Bertz CT molecular complexity index is 345. The van der Waals surface area contributed by atoms with E-state index < -0.39 is 7.14 Å². The van der Waals surface area contributed by atoms with Crippen molar-refractivity contribution >= 4 is 28.4 Å². The van der Waals surface area contributed by atoms with Gasteiger partial charge in [0.15, 0.2) is 0 Å². The van der Waals surface area contributed by atoms with Gasteiger partial charge in [-0.2, -0.15) is 0 Å². The maximum absolute atomic E-state index is 12.9. The molecule has 0 aliphatic carbocycles. The van der Waals surface area contributed by atoms with Crippen LogP contribution in [-0.4, -0.2) is 13.3 Å². The Hall–Kier alpha value is -0.140. The maximum atomic E-state index is 12.9. The highest BCUT2D eigenvalue weighted by atomic mass is 79.9. The minimum absolute atomic E-state index is 0.318. The van der Waals surface area contributed by atoms with E-state index in [9.17, 15) is 8.96 Å². The zero-order chi connectivity index (χ0) is 9.35. The Labute approximate surface area is 79.5 Å². The molecule has 0 bridgehead atoms. The van der Waals surface area contributed by atoms with Gasteiger partial charge in [-0.3, -0.25) is 0 Å². The number of hydrogen-bond donors (Lipinski definition) is 0. The summed E-state index contributed by atoms with van der Waals surface area (Å²) in [4.78, 5) is 0. The number of rotatable bonds is 1. The van der Waals surface area contributed by atoms with Crippen LogP contribution in [0.1, 0.15) is 0 Å². The average molecular weight is 251 g/mol. The SMILES string of the molecule is CP(C)(=O)c1cccc(F)c1Br. The molecule has 0 aromatic heterocycles. The molecule has 0 unspecified atom stereocenters. The van der Waals surface area contributed by atoms with Crippen molar-refractivity contribution in [3.63, 3.8) is 0 Å². The Kier molecular flexibility index (Phi) is 2.74. The van der Waals surface area contributed by atoms with Crippen LogP contribution in [0.25, 0.3) is 0 Å². The van der Waals surface area contributed by atoms with Gasteiger partial charge in [0.2, 0.25) is 0 Å². The second kappa shape index (κ2) is 3.31. The zero-order valence-electron chi connectivity index (χ0n) is 6.84. The summed E-state index contributed by atoms with van der Waals surface area (Å²) < 4.78 is 24.9. The Morgan fingerprint density at radius 3 is 2.42 bits per heavy atom. The molecule has 1 nitrogen and oxygen atoms in total. The molecular formula is C8H9BrFOP. The zero-order valence-corrected chi connectivity index (χ0v) is 9.32. The Balaban J connectivity index is 3.36. The fraction of sp³-hybridized carbons (Fsp3) is 0.250. The molecule has 0 saturated carbocycles. The van der Waals surface area contributed by atoms with Gasteiger partial charge in [-0.1, -0.05) is 12.1 Å². The summed E-state index contributed by atoms with van der Waals surface area (Å²) in [6.45, 7) is 3.24. The molecule has 0 amide bonds. The number of benzene rings is 1. The summed E-state index contributed by atoms with van der Waals surface area (Å²) in [5.41, 5.74) is 0. The largest absolute Gasteiger partial charge is 0.319 e. The second-order valence-electron chi connectivity index (χ2n) is 2.92. The van der Waals surface area contributed by atoms with Gasteiger partial charge in [0.1, 0.15) is 13.0 Å². The third-order valence-electron chi connectivity index (χ3n) is 1.51. The third kappa shape index (κ3) is 1.96. The van der Waals surface area contributed by atoms with Crippen LogP contribution in [0.3, 0.4) is 0 Å². The molecule has 1 aromatic carbocycles. The van der Waals surface area contributed by atoms with Crippen LogP contribution in [0, 0.1) is 5.82 Å². The van der Waals surface area contributed by atoms with Crippen LogP contribution in [0.4, 0.5) is 4.39 Å². The van der Waals surface area contributed by atoms with Crippen LogP contribution in [-0.2, 0) is 4.57 Å². The van der Waals surface area contributed by atoms with Crippen molar-refractivity contribution in [3.8, 4) is 0 Å². The van der Waals surface area contributed by atoms with E-state index in [2.05, 4.69) is 15.9 Å². The monoisotopic (exact) mass is 250 g/mol. The molecule has 0 aliphatic heterocycles. The molecule has 1 rings (SSSR count). The van der Waals surface area contributed by atoms with Gasteiger partial charge >= 0.3 is 0 Å². The quantitative estimate of drug-likeness (QED) is 0.701. The molecule has 0 radical (unpaired) electrons. The molecule has 0 N–H and O–H groups in total. The number of halogens is 2. The Morgan fingerprint density at radius 2 is 2.00 bits per heavy atom. The highest BCUT2D eigenvalue weighted by Gasteiger charge is 2.16. The summed E-state index contributed by atoms with van der Waals surface area (Å²) in [5, 5.41) is 0.558. The fourth-order valence-corrected chi connectivity index (χ4v) is 3.48. The van der Waals surface area contributed by atoms with Gasteiger partial charge in [0, 0.05) is 5.30 Å². The first kappa shape index (κ1) is 9.94. The minimum Gasteiger partial charge on any atom is -0.319 e. The summed E-state index contributed by atoms with van der Waals surface area (Å²) in [7, 11) is -2.37. The first-order valence-electron chi connectivity index (χ1n) is 3.42. The van der Waals surface area contributed by atoms with E-state index in [-0.39, 0.29) is 5.82 Å². The molecule has 4 heteroatoms. The Morgan fingerprint density at radius 1 is 1.42 bits per heavy atom. The summed E-state index contributed by atoms with van der Waals surface area (Å²) in [5.74, 6) is -0.364. The van der Waals surface area contributed by atoms with Crippen LogP contribution in [0.5, 0.6) is 0 Å². The smallest absolute Gasteiger partial charge is 0.138 e. The van der Waals surface area contributed by atoms with E-state index in [4.69, 9.17) is 0 Å². The highest BCUT2D eigenvalue weighted by molar-refractivity contribution is 9.10. The van der Waals surface area contributed by atoms with E-state index in [0.717, 1.165) is 0 Å². The van der Waals surface area contributed by atoms with Gasteiger partial charge in [-0.05, 0) is 35.3 Å². The van der Waals surface area contributed by atoms with Crippen LogP contribution in [0.15, 0.2) is 22.7 Å².